The molecule has 0 atom stereocenters. The van der Waals surface area contributed by atoms with Crippen molar-refractivity contribution in [2.75, 3.05) is 4.90 Å². The molecule has 3 aliphatic rings. The van der Waals surface area contributed by atoms with Gasteiger partial charge in [-0.2, -0.15) is 4.37 Å². The maximum atomic E-state index is 5.13. The lowest BCUT2D eigenvalue weighted by Gasteiger charge is -2.34. The van der Waals surface area contributed by atoms with Gasteiger partial charge in [0.25, 0.3) is 0 Å². The van der Waals surface area contributed by atoms with Crippen LogP contribution >= 0.6 is 23.3 Å². The van der Waals surface area contributed by atoms with Gasteiger partial charge in [-0.15, -0.1) is 0 Å². The van der Waals surface area contributed by atoms with Crippen LogP contribution in [0.2, 0.25) is 0 Å². The molecule has 0 saturated carbocycles. The van der Waals surface area contributed by atoms with Crippen molar-refractivity contribution < 1.29 is 0 Å². The normalized spacial score (nSPS) is 13.5. The molecule has 10 aromatic carbocycles. The molecule has 322 valence electrons. The Morgan fingerprint density at radius 2 is 1.00 bits per heavy atom. The lowest BCUT2D eigenvalue weighted by Crippen LogP contribution is -2.25. The molecule has 1 spiro atoms. The predicted molar refractivity (Wildman–Crippen MR) is 286 cm³/mol. The summed E-state index contributed by atoms with van der Waals surface area (Å²) < 4.78 is 7.34. The van der Waals surface area contributed by atoms with Crippen molar-refractivity contribution in [2.24, 2.45) is 0 Å². The van der Waals surface area contributed by atoms with Gasteiger partial charge in [0.05, 0.1) is 27.8 Å². The summed E-state index contributed by atoms with van der Waals surface area (Å²) >= 11 is 3.29. The maximum Gasteiger partial charge on any atom is 0.173 e. The third-order valence-electron chi connectivity index (χ3n) is 14.6. The van der Waals surface area contributed by atoms with Gasteiger partial charge in [0.15, 0.2) is 5.82 Å². The van der Waals surface area contributed by atoms with Gasteiger partial charge in [0.1, 0.15) is 5.01 Å². The number of aromatic nitrogens is 3. The highest BCUT2D eigenvalue weighted by atomic mass is 32.2. The molecule has 2 aromatic heterocycles. The summed E-state index contributed by atoms with van der Waals surface area (Å²) in [4.78, 5) is 10.0. The van der Waals surface area contributed by atoms with Gasteiger partial charge in [0.2, 0.25) is 0 Å². The van der Waals surface area contributed by atoms with Crippen LogP contribution in [0.15, 0.2) is 240 Å². The third-order valence-corrected chi connectivity index (χ3v) is 16.5. The van der Waals surface area contributed by atoms with Gasteiger partial charge in [-0.05, 0) is 134 Å². The van der Waals surface area contributed by atoms with Crippen molar-refractivity contribution >= 4 is 62.2 Å². The van der Waals surface area contributed by atoms with E-state index in [1.54, 1.807) is 0 Å². The Kier molecular flexibility index (Phi) is 8.35. The van der Waals surface area contributed by atoms with Crippen molar-refractivity contribution in [1.82, 2.24) is 13.9 Å². The molecule has 0 amide bonds. The maximum absolute atomic E-state index is 5.13. The molecule has 6 heteroatoms. The van der Waals surface area contributed by atoms with E-state index in [0.717, 1.165) is 33.3 Å². The predicted octanol–water partition coefficient (Wildman–Crippen LogP) is 16.9. The van der Waals surface area contributed by atoms with Crippen LogP contribution in [-0.4, -0.2) is 13.9 Å². The smallest absolute Gasteiger partial charge is 0.173 e. The zero-order chi connectivity index (χ0) is 45.2. The highest BCUT2D eigenvalue weighted by Gasteiger charge is 2.51. The lowest BCUT2D eigenvalue weighted by atomic mass is 9.70. The van der Waals surface area contributed by atoms with Crippen LogP contribution in [-0.2, 0) is 5.41 Å². The molecular formula is C63H38N4S2. The first-order chi connectivity index (χ1) is 34.2. The van der Waals surface area contributed by atoms with E-state index in [1.807, 2.05) is 11.8 Å². The molecule has 15 rings (SSSR count). The second-order valence-electron chi connectivity index (χ2n) is 18.1. The SMILES string of the molecule is c1ccc(-n2c3ccccc3c3ccc4c(c32)N(c2ccc(-c3nc(-c5ccc(-c6ccc7c(c6)C6(c8ccccc8-c8ccccc86)c6ccccc6-7)cc5)ns3)cc2)c2ccccc2S4)cc1. The van der Waals surface area contributed by atoms with Crippen molar-refractivity contribution in [3.8, 4) is 61.0 Å². The summed E-state index contributed by atoms with van der Waals surface area (Å²) in [6.07, 6.45) is 0. The Morgan fingerprint density at radius 3 is 1.74 bits per heavy atom. The average molecular weight is 915 g/mol. The summed E-state index contributed by atoms with van der Waals surface area (Å²) in [5, 5.41) is 3.37. The van der Waals surface area contributed by atoms with E-state index in [4.69, 9.17) is 9.36 Å². The van der Waals surface area contributed by atoms with Crippen LogP contribution in [0.5, 0.6) is 0 Å². The molecule has 0 radical (unpaired) electrons. The molecule has 0 N–H and O–H groups in total. The summed E-state index contributed by atoms with van der Waals surface area (Å²) in [5.41, 5.74) is 21.7. The molecule has 4 nitrogen and oxygen atoms in total. The fourth-order valence-electron chi connectivity index (χ4n) is 11.7. The molecule has 0 saturated heterocycles. The van der Waals surface area contributed by atoms with Gasteiger partial charge in [0, 0.05) is 43.1 Å². The van der Waals surface area contributed by atoms with Crippen LogP contribution in [0.3, 0.4) is 0 Å². The number of hydrogen-bond donors (Lipinski definition) is 0. The number of fused-ring (bicyclic) bond motifs is 16. The Hall–Kier alpha value is -8.29. The number of hydrogen-bond acceptors (Lipinski definition) is 5. The van der Waals surface area contributed by atoms with Crippen LogP contribution in [0.1, 0.15) is 22.3 Å². The van der Waals surface area contributed by atoms with E-state index in [1.165, 1.54) is 110 Å². The van der Waals surface area contributed by atoms with Crippen LogP contribution < -0.4 is 4.90 Å². The molecule has 1 aliphatic heterocycles. The minimum atomic E-state index is -0.369. The molecule has 69 heavy (non-hydrogen) atoms. The van der Waals surface area contributed by atoms with Gasteiger partial charge in [-0.1, -0.05) is 176 Å². The number of rotatable bonds is 5. The monoisotopic (exact) mass is 914 g/mol. The van der Waals surface area contributed by atoms with Crippen molar-refractivity contribution in [1.29, 1.82) is 0 Å². The fourth-order valence-corrected chi connectivity index (χ4v) is 13.5. The zero-order valence-corrected chi connectivity index (χ0v) is 38.7. The summed E-state index contributed by atoms with van der Waals surface area (Å²) in [6, 6.07) is 84.5. The van der Waals surface area contributed by atoms with Gasteiger partial charge < -0.3 is 9.47 Å². The number of anilines is 3. The Morgan fingerprint density at radius 1 is 0.406 bits per heavy atom. The Bertz CT molecular complexity index is 3990. The molecule has 0 fully saturated rings. The third kappa shape index (κ3) is 5.53. The number of para-hydroxylation sites is 3. The molecular weight excluding hydrogens is 877 g/mol. The zero-order valence-electron chi connectivity index (χ0n) is 37.0. The second-order valence-corrected chi connectivity index (χ2v) is 19.9. The Labute approximate surface area is 407 Å². The first kappa shape index (κ1) is 38.8. The second kappa shape index (κ2) is 14.9. The lowest BCUT2D eigenvalue weighted by molar-refractivity contribution is 0.794. The fraction of sp³-hybridized carbons (Fsp3) is 0.0159. The number of benzene rings is 10. The van der Waals surface area contributed by atoms with E-state index >= 15 is 0 Å². The summed E-state index contributed by atoms with van der Waals surface area (Å²) in [5.74, 6) is 0.736. The molecule has 12 aromatic rings. The van der Waals surface area contributed by atoms with E-state index < -0.39 is 0 Å². The quantitative estimate of drug-likeness (QED) is 0.172. The van der Waals surface area contributed by atoms with Crippen LogP contribution in [0.4, 0.5) is 17.1 Å². The first-order valence-corrected chi connectivity index (χ1v) is 25.0. The first-order valence-electron chi connectivity index (χ1n) is 23.4. The van der Waals surface area contributed by atoms with Crippen molar-refractivity contribution in [3.63, 3.8) is 0 Å². The standard InChI is InChI=1S/C63H38N4S2/c1-2-14-43(15-3-1)66-55-23-11-7-19-49(55)50-36-37-58-60(59(50)66)67(56-24-12-13-25-57(56)68-58)44-33-30-41(31-34-44)62-64-61(65-69-62)40-28-26-39(27-29-40)42-32-35-48-47-18-6-10-22-53(47)63(54(48)38-42)51-20-8-4-16-45(51)46-17-5-9-21-52(46)63/h1-38H. The van der Waals surface area contributed by atoms with E-state index in [9.17, 15) is 0 Å². The molecule has 3 heterocycles. The number of nitrogens with zero attached hydrogens (tertiary/aromatic N) is 4. The summed E-state index contributed by atoms with van der Waals surface area (Å²) in [6.45, 7) is 0. The van der Waals surface area contributed by atoms with E-state index in [0.29, 0.717) is 0 Å². The minimum absolute atomic E-state index is 0.369. The van der Waals surface area contributed by atoms with Crippen molar-refractivity contribution in [2.45, 2.75) is 15.2 Å². The molecule has 0 bridgehead atoms. The average Bonchev–Trinajstić information content (AvgIpc) is 4.19. The van der Waals surface area contributed by atoms with Gasteiger partial charge >= 0.3 is 0 Å². The van der Waals surface area contributed by atoms with Gasteiger partial charge in [-0.3, -0.25) is 0 Å². The topological polar surface area (TPSA) is 34.0 Å². The van der Waals surface area contributed by atoms with Crippen molar-refractivity contribution in [3.05, 3.63) is 253 Å². The Balaban J connectivity index is 0.773. The largest absolute Gasteiger partial charge is 0.307 e. The van der Waals surface area contributed by atoms with Crippen LogP contribution in [0, 0.1) is 0 Å². The van der Waals surface area contributed by atoms with E-state index in [2.05, 4.69) is 240 Å². The molecule has 0 unspecified atom stereocenters. The van der Waals surface area contributed by atoms with Crippen LogP contribution in [0.25, 0.3) is 82.8 Å². The molecule has 2 aliphatic carbocycles. The van der Waals surface area contributed by atoms with Gasteiger partial charge in [-0.25, -0.2) is 4.98 Å². The summed E-state index contributed by atoms with van der Waals surface area (Å²) in [7, 11) is 0. The van der Waals surface area contributed by atoms with E-state index in [-0.39, 0.29) is 5.41 Å². The minimum Gasteiger partial charge on any atom is -0.307 e. The highest BCUT2D eigenvalue weighted by molar-refractivity contribution is 7.99. The highest BCUT2D eigenvalue weighted by Crippen LogP contribution is 2.63.